The Morgan fingerprint density at radius 3 is 2.15 bits per heavy atom. The van der Waals surface area contributed by atoms with Crippen molar-refractivity contribution in [2.75, 3.05) is 20.2 Å². The summed E-state index contributed by atoms with van der Waals surface area (Å²) in [6.45, 7) is 12.9. The van der Waals surface area contributed by atoms with Gasteiger partial charge in [0, 0.05) is 13.1 Å². The lowest BCUT2D eigenvalue weighted by molar-refractivity contribution is -0.0807. The zero-order valence-electron chi connectivity index (χ0n) is 25.1. The minimum absolute atomic E-state index is 0.00680. The number of amides is 1. The van der Waals surface area contributed by atoms with Gasteiger partial charge in [0.2, 0.25) is 10.0 Å². The van der Waals surface area contributed by atoms with E-state index >= 15 is 0 Å². The number of ether oxygens (including phenoxy) is 3. The Bertz CT molecular complexity index is 1320. The molecule has 0 aromatic heterocycles. The molecule has 0 bridgehead atoms. The molecule has 1 aliphatic heterocycles. The van der Waals surface area contributed by atoms with Gasteiger partial charge in [-0.3, -0.25) is 4.90 Å². The van der Waals surface area contributed by atoms with E-state index in [9.17, 15) is 23.1 Å². The Labute approximate surface area is 243 Å². The third-order valence-corrected chi connectivity index (χ3v) is 8.51. The van der Waals surface area contributed by atoms with Crippen molar-refractivity contribution in [2.24, 2.45) is 5.92 Å². The Morgan fingerprint density at radius 1 is 1.07 bits per heavy atom. The molecule has 1 fully saturated rings. The normalized spacial score (nSPS) is 19.0. The van der Waals surface area contributed by atoms with Crippen molar-refractivity contribution < 1.29 is 37.3 Å². The molecule has 2 aromatic carbocycles. The van der Waals surface area contributed by atoms with Gasteiger partial charge in [0.25, 0.3) is 0 Å². The Morgan fingerprint density at radius 2 is 1.66 bits per heavy atom. The van der Waals surface area contributed by atoms with Crippen LogP contribution in [0.25, 0.3) is 0 Å². The van der Waals surface area contributed by atoms with Gasteiger partial charge in [0.15, 0.2) is 0 Å². The van der Waals surface area contributed by atoms with Gasteiger partial charge >= 0.3 is 12.1 Å². The van der Waals surface area contributed by atoms with Crippen LogP contribution in [0.4, 0.5) is 4.79 Å². The largest absolute Gasteiger partial charge is 0.497 e. The first-order valence-electron chi connectivity index (χ1n) is 13.6. The van der Waals surface area contributed by atoms with Crippen LogP contribution >= 0.6 is 0 Å². The average Bonchev–Trinajstić information content (AvgIpc) is 3.11. The molecule has 10 nitrogen and oxygen atoms in total. The number of carbonyl (C=O) groups is 2. The summed E-state index contributed by atoms with van der Waals surface area (Å²) in [5.74, 6) is -0.480. The van der Waals surface area contributed by atoms with E-state index in [1.807, 2.05) is 13.8 Å². The molecule has 1 amide bonds. The molecule has 1 N–H and O–H groups in total. The lowest BCUT2D eigenvalue weighted by Crippen LogP contribution is -2.52. The second-order valence-corrected chi connectivity index (χ2v) is 14.1. The maximum absolute atomic E-state index is 13.9. The summed E-state index contributed by atoms with van der Waals surface area (Å²) in [4.78, 5) is 26.5. The van der Waals surface area contributed by atoms with Crippen molar-refractivity contribution in [1.82, 2.24) is 9.21 Å². The van der Waals surface area contributed by atoms with E-state index in [1.54, 1.807) is 58.9 Å². The number of benzene rings is 2. The number of carboxylic acids is 1. The number of sulfonamides is 1. The van der Waals surface area contributed by atoms with E-state index in [-0.39, 0.29) is 29.5 Å². The van der Waals surface area contributed by atoms with E-state index < -0.39 is 45.6 Å². The number of rotatable bonds is 10. The van der Waals surface area contributed by atoms with Crippen molar-refractivity contribution in [3.8, 4) is 5.75 Å². The zero-order valence-corrected chi connectivity index (χ0v) is 25.9. The van der Waals surface area contributed by atoms with Crippen molar-refractivity contribution in [1.29, 1.82) is 0 Å². The molecule has 0 spiro atoms. The van der Waals surface area contributed by atoms with Crippen LogP contribution in [0.2, 0.25) is 0 Å². The highest BCUT2D eigenvalue weighted by Gasteiger charge is 2.52. The minimum atomic E-state index is -3.93. The predicted octanol–water partition coefficient (Wildman–Crippen LogP) is 5.02. The van der Waals surface area contributed by atoms with Gasteiger partial charge in [-0.05, 0) is 88.9 Å². The number of carboxylic acid groups (broad SMARTS) is 1. The number of nitrogens with zero attached hydrogens (tertiary/aromatic N) is 2. The second-order valence-electron chi connectivity index (χ2n) is 12.1. The highest BCUT2D eigenvalue weighted by molar-refractivity contribution is 7.89. The van der Waals surface area contributed by atoms with Crippen molar-refractivity contribution >= 4 is 22.1 Å². The number of aromatic carboxylic acids is 1. The molecular weight excluding hydrogens is 548 g/mol. The fourth-order valence-electron chi connectivity index (χ4n) is 4.92. The molecule has 0 aliphatic carbocycles. The summed E-state index contributed by atoms with van der Waals surface area (Å²) in [7, 11) is -2.41. The van der Waals surface area contributed by atoms with Crippen LogP contribution in [0.15, 0.2) is 53.4 Å². The van der Waals surface area contributed by atoms with E-state index in [4.69, 9.17) is 14.2 Å². The fourth-order valence-corrected chi connectivity index (χ4v) is 6.54. The fraction of sp³-hybridized carbons (Fsp3) is 0.533. The number of hydrogen-bond donors (Lipinski definition) is 1. The van der Waals surface area contributed by atoms with E-state index in [1.165, 1.54) is 40.6 Å². The summed E-state index contributed by atoms with van der Waals surface area (Å²) in [6, 6.07) is 12.0. The first kappa shape index (κ1) is 32.4. The maximum Gasteiger partial charge on any atom is 0.412 e. The summed E-state index contributed by atoms with van der Waals surface area (Å²) in [5, 5.41) is 9.31. The van der Waals surface area contributed by atoms with Crippen molar-refractivity contribution in [3.63, 3.8) is 0 Å². The molecule has 41 heavy (non-hydrogen) atoms. The molecule has 2 aromatic rings. The third kappa shape index (κ3) is 7.99. The topological polar surface area (TPSA) is 123 Å². The minimum Gasteiger partial charge on any atom is -0.497 e. The quantitative estimate of drug-likeness (QED) is 0.409. The van der Waals surface area contributed by atoms with Crippen LogP contribution in [-0.2, 0) is 25.9 Å². The monoisotopic (exact) mass is 590 g/mol. The van der Waals surface area contributed by atoms with Gasteiger partial charge in [-0.2, -0.15) is 4.31 Å². The Kier molecular flexibility index (Phi) is 9.77. The lowest BCUT2D eigenvalue weighted by Gasteiger charge is -2.35. The third-order valence-electron chi connectivity index (χ3n) is 6.67. The molecule has 1 aliphatic rings. The highest BCUT2D eigenvalue weighted by atomic mass is 32.2. The molecule has 226 valence electrons. The Balaban J connectivity index is 2.02. The summed E-state index contributed by atoms with van der Waals surface area (Å²) in [6.07, 6.45) is -0.986. The smallest absolute Gasteiger partial charge is 0.412 e. The van der Waals surface area contributed by atoms with Gasteiger partial charge in [-0.25, -0.2) is 18.0 Å². The number of methoxy groups -OCH3 is 1. The Hall–Kier alpha value is -3.15. The van der Waals surface area contributed by atoms with Crippen LogP contribution < -0.4 is 4.74 Å². The summed E-state index contributed by atoms with van der Waals surface area (Å²) < 4.78 is 46.5. The van der Waals surface area contributed by atoms with Crippen LogP contribution in [0.1, 0.15) is 64.4 Å². The van der Waals surface area contributed by atoms with Gasteiger partial charge < -0.3 is 19.3 Å². The van der Waals surface area contributed by atoms with Gasteiger partial charge in [0.1, 0.15) is 17.1 Å². The molecule has 3 rings (SSSR count). The first-order valence-corrected chi connectivity index (χ1v) is 15.0. The number of hydrogen-bond acceptors (Lipinski definition) is 7. The molecule has 11 heteroatoms. The molecular formula is C30H42N2O8S. The van der Waals surface area contributed by atoms with Crippen LogP contribution in [-0.4, -0.2) is 78.5 Å². The standard InChI is InChI=1S/C30H42N2O8S/c1-20(2)18-31(41(36,37)24-15-13-23(38-8)14-16-24)19-26-25(17-21-9-11-22(12-10-21)27(33)34)32(30(6,7)39-26)28(35)40-29(3,4)5/h9-16,20,25-26H,17-19H2,1-8H3,(H,33,34)/t25-,26+/m0/s1. The average molecular weight is 591 g/mol. The second kappa shape index (κ2) is 12.4. The SMILES string of the molecule is COc1ccc(S(=O)(=O)N(CC(C)C)C[C@H]2OC(C)(C)N(C(=O)OC(C)(C)C)[C@H]2Cc2ccc(C(=O)O)cc2)cc1. The van der Waals surface area contributed by atoms with Crippen LogP contribution in [0.5, 0.6) is 5.75 Å². The maximum atomic E-state index is 13.9. The predicted molar refractivity (Wildman–Crippen MR) is 155 cm³/mol. The van der Waals surface area contributed by atoms with Gasteiger partial charge in [-0.15, -0.1) is 0 Å². The van der Waals surface area contributed by atoms with Gasteiger partial charge in [-0.1, -0.05) is 26.0 Å². The number of carbonyl (C=O) groups excluding carboxylic acids is 1. The van der Waals surface area contributed by atoms with Crippen LogP contribution in [0.3, 0.4) is 0 Å². The van der Waals surface area contributed by atoms with Gasteiger partial charge in [0.05, 0.1) is 29.7 Å². The van der Waals surface area contributed by atoms with E-state index in [0.29, 0.717) is 12.2 Å². The molecule has 1 saturated heterocycles. The highest BCUT2D eigenvalue weighted by Crippen LogP contribution is 2.37. The summed E-state index contributed by atoms with van der Waals surface area (Å²) >= 11 is 0. The summed E-state index contributed by atoms with van der Waals surface area (Å²) in [5.41, 5.74) is -0.953. The van der Waals surface area contributed by atoms with E-state index in [2.05, 4.69) is 0 Å². The zero-order chi connectivity index (χ0) is 30.8. The molecule has 0 unspecified atom stereocenters. The molecule has 2 atom stereocenters. The molecule has 1 heterocycles. The van der Waals surface area contributed by atoms with Crippen LogP contribution in [0, 0.1) is 5.92 Å². The van der Waals surface area contributed by atoms with Crippen molar-refractivity contribution in [3.05, 3.63) is 59.7 Å². The van der Waals surface area contributed by atoms with E-state index in [0.717, 1.165) is 5.56 Å². The molecule has 0 radical (unpaired) electrons. The van der Waals surface area contributed by atoms with Crippen molar-refractivity contribution in [2.45, 2.75) is 83.3 Å². The lowest BCUT2D eigenvalue weighted by atomic mass is 9.99. The molecule has 0 saturated carbocycles. The first-order chi connectivity index (χ1) is 18.9.